The fourth-order valence-corrected chi connectivity index (χ4v) is 2.85. The predicted octanol–water partition coefficient (Wildman–Crippen LogP) is 1.43. The average Bonchev–Trinajstić information content (AvgIpc) is 2.92. The number of carbonyl (C=O) groups is 1. The third-order valence-electron chi connectivity index (χ3n) is 3.84. The van der Waals surface area contributed by atoms with Crippen molar-refractivity contribution in [2.75, 3.05) is 18.1 Å². The predicted molar refractivity (Wildman–Crippen MR) is 78.3 cm³/mol. The molecule has 7 heteroatoms. The normalized spacial score (nSPS) is 18.0. The number of hydrogen-bond acceptors (Lipinski definition) is 5. The van der Waals surface area contributed by atoms with Crippen LogP contribution in [0.1, 0.15) is 36.0 Å². The number of hydrogen-bond donors (Lipinski definition) is 2. The van der Waals surface area contributed by atoms with E-state index < -0.39 is 10.8 Å². The summed E-state index contributed by atoms with van der Waals surface area (Å²) in [6.45, 7) is 0.861. The van der Waals surface area contributed by atoms with Crippen molar-refractivity contribution in [3.63, 3.8) is 0 Å². The Morgan fingerprint density at radius 2 is 2.29 bits per heavy atom. The van der Waals surface area contributed by atoms with Crippen molar-refractivity contribution in [3.05, 3.63) is 33.9 Å². The summed E-state index contributed by atoms with van der Waals surface area (Å²) >= 11 is 0. The molecule has 1 unspecified atom stereocenters. The third kappa shape index (κ3) is 3.30. The van der Waals surface area contributed by atoms with Crippen molar-refractivity contribution >= 4 is 17.3 Å². The van der Waals surface area contributed by atoms with Crippen LogP contribution in [0.25, 0.3) is 0 Å². The minimum atomic E-state index is -0.678. The van der Waals surface area contributed by atoms with E-state index in [-0.39, 0.29) is 23.9 Å². The maximum atomic E-state index is 11.3. The standard InChI is InChI=1S/C14H19N3O4/c15-14(19)10-5-6-12(13(9-10)17(20)21)16-7-1-3-11(16)4-2-8-18/h5-6,9,11,18H,1-4,7-8H2,(H2,15,19). The van der Waals surface area contributed by atoms with E-state index in [9.17, 15) is 14.9 Å². The maximum absolute atomic E-state index is 11.3. The van der Waals surface area contributed by atoms with Crippen LogP contribution in [0.3, 0.4) is 0 Å². The number of amides is 1. The molecule has 1 atom stereocenters. The Kier molecular flexibility index (Phi) is 4.74. The van der Waals surface area contributed by atoms with Crippen molar-refractivity contribution in [1.82, 2.24) is 0 Å². The van der Waals surface area contributed by atoms with E-state index in [4.69, 9.17) is 10.8 Å². The maximum Gasteiger partial charge on any atom is 0.293 e. The van der Waals surface area contributed by atoms with Crippen LogP contribution in [0, 0.1) is 10.1 Å². The summed E-state index contributed by atoms with van der Waals surface area (Å²) in [5, 5.41) is 20.2. The van der Waals surface area contributed by atoms with Gasteiger partial charge in [0.2, 0.25) is 5.91 Å². The Morgan fingerprint density at radius 1 is 1.52 bits per heavy atom. The van der Waals surface area contributed by atoms with Gasteiger partial charge in [-0.1, -0.05) is 0 Å². The van der Waals surface area contributed by atoms with Crippen LogP contribution in [-0.2, 0) is 0 Å². The highest BCUT2D eigenvalue weighted by Crippen LogP contribution is 2.35. The Balaban J connectivity index is 2.33. The topological polar surface area (TPSA) is 110 Å². The summed E-state index contributed by atoms with van der Waals surface area (Å²) in [6, 6.07) is 4.54. The number of rotatable bonds is 6. The first-order valence-corrected chi connectivity index (χ1v) is 7.00. The summed E-state index contributed by atoms with van der Waals surface area (Å²) in [5.41, 5.74) is 5.74. The monoisotopic (exact) mass is 293 g/mol. The van der Waals surface area contributed by atoms with Crippen LogP contribution in [0.5, 0.6) is 0 Å². The number of nitro benzene ring substituents is 1. The van der Waals surface area contributed by atoms with E-state index in [2.05, 4.69) is 0 Å². The van der Waals surface area contributed by atoms with Gasteiger partial charge in [0.05, 0.1) is 4.92 Å². The molecular formula is C14H19N3O4. The molecule has 1 aliphatic heterocycles. The van der Waals surface area contributed by atoms with Gasteiger partial charge in [-0.05, 0) is 37.8 Å². The van der Waals surface area contributed by atoms with Gasteiger partial charge >= 0.3 is 0 Å². The average molecular weight is 293 g/mol. The zero-order valence-corrected chi connectivity index (χ0v) is 11.7. The van der Waals surface area contributed by atoms with E-state index in [1.807, 2.05) is 4.90 Å². The molecule has 21 heavy (non-hydrogen) atoms. The second-order valence-corrected chi connectivity index (χ2v) is 5.18. The molecule has 114 valence electrons. The van der Waals surface area contributed by atoms with Crippen molar-refractivity contribution in [2.45, 2.75) is 31.7 Å². The molecule has 0 radical (unpaired) electrons. The van der Waals surface area contributed by atoms with Crippen molar-refractivity contribution in [2.24, 2.45) is 5.73 Å². The fourth-order valence-electron chi connectivity index (χ4n) is 2.85. The Bertz CT molecular complexity index is 547. The molecular weight excluding hydrogens is 274 g/mol. The Labute approximate surface area is 122 Å². The van der Waals surface area contributed by atoms with Gasteiger partial charge in [0.1, 0.15) is 5.69 Å². The van der Waals surface area contributed by atoms with E-state index in [1.165, 1.54) is 12.1 Å². The van der Waals surface area contributed by atoms with Gasteiger partial charge in [0.15, 0.2) is 0 Å². The Hall–Kier alpha value is -2.15. The molecule has 0 spiro atoms. The first-order chi connectivity index (χ1) is 10.0. The molecule has 1 amide bonds. The molecule has 1 saturated heterocycles. The lowest BCUT2D eigenvalue weighted by Crippen LogP contribution is -2.30. The highest BCUT2D eigenvalue weighted by molar-refractivity contribution is 5.94. The van der Waals surface area contributed by atoms with Gasteiger partial charge in [-0.3, -0.25) is 14.9 Å². The van der Waals surface area contributed by atoms with Crippen molar-refractivity contribution in [3.8, 4) is 0 Å². The second kappa shape index (κ2) is 6.53. The van der Waals surface area contributed by atoms with E-state index in [0.717, 1.165) is 25.8 Å². The quantitative estimate of drug-likeness (QED) is 0.609. The number of nitrogens with two attached hydrogens (primary N) is 1. The molecule has 1 aromatic rings. The highest BCUT2D eigenvalue weighted by Gasteiger charge is 2.29. The van der Waals surface area contributed by atoms with Crippen LogP contribution >= 0.6 is 0 Å². The number of aliphatic hydroxyl groups excluding tert-OH is 1. The van der Waals surface area contributed by atoms with E-state index >= 15 is 0 Å². The number of anilines is 1. The van der Waals surface area contributed by atoms with Crippen LogP contribution in [-0.4, -0.2) is 35.1 Å². The van der Waals surface area contributed by atoms with Crippen LogP contribution < -0.4 is 10.6 Å². The summed E-state index contributed by atoms with van der Waals surface area (Å²) in [6.07, 6.45) is 3.39. The lowest BCUT2D eigenvalue weighted by atomic mass is 10.1. The zero-order chi connectivity index (χ0) is 15.4. The zero-order valence-electron chi connectivity index (χ0n) is 11.7. The van der Waals surface area contributed by atoms with Crippen molar-refractivity contribution < 1.29 is 14.8 Å². The van der Waals surface area contributed by atoms with Gasteiger partial charge in [0, 0.05) is 30.8 Å². The molecule has 0 bridgehead atoms. The van der Waals surface area contributed by atoms with Gasteiger partial charge in [-0.15, -0.1) is 0 Å². The summed E-state index contributed by atoms with van der Waals surface area (Å²) in [4.78, 5) is 23.9. The van der Waals surface area contributed by atoms with Crippen LogP contribution in [0.2, 0.25) is 0 Å². The van der Waals surface area contributed by atoms with Crippen molar-refractivity contribution in [1.29, 1.82) is 0 Å². The largest absolute Gasteiger partial charge is 0.396 e. The lowest BCUT2D eigenvalue weighted by molar-refractivity contribution is -0.384. The van der Waals surface area contributed by atoms with Crippen LogP contribution in [0.4, 0.5) is 11.4 Å². The SMILES string of the molecule is NC(=O)c1ccc(N2CCCC2CCCO)c([N+](=O)[O-])c1. The highest BCUT2D eigenvalue weighted by atomic mass is 16.6. The molecule has 1 aliphatic rings. The number of aliphatic hydroxyl groups is 1. The van der Waals surface area contributed by atoms with Gasteiger partial charge in [-0.2, -0.15) is 0 Å². The molecule has 3 N–H and O–H groups in total. The first-order valence-electron chi connectivity index (χ1n) is 7.00. The number of primary amides is 1. The molecule has 1 fully saturated rings. The fraction of sp³-hybridized carbons (Fsp3) is 0.500. The minimum Gasteiger partial charge on any atom is -0.396 e. The lowest BCUT2D eigenvalue weighted by Gasteiger charge is -2.26. The van der Waals surface area contributed by atoms with Crippen LogP contribution in [0.15, 0.2) is 18.2 Å². The molecule has 2 rings (SSSR count). The van der Waals surface area contributed by atoms with Gasteiger partial charge in [0.25, 0.3) is 5.69 Å². The van der Waals surface area contributed by atoms with Gasteiger partial charge < -0.3 is 15.7 Å². The second-order valence-electron chi connectivity index (χ2n) is 5.18. The minimum absolute atomic E-state index is 0.0952. The number of nitrogens with zero attached hydrogens (tertiary/aromatic N) is 2. The van der Waals surface area contributed by atoms with E-state index in [1.54, 1.807) is 6.07 Å². The number of carbonyl (C=O) groups excluding carboxylic acids is 1. The molecule has 1 heterocycles. The van der Waals surface area contributed by atoms with E-state index in [0.29, 0.717) is 12.1 Å². The summed E-state index contributed by atoms with van der Waals surface area (Å²) in [7, 11) is 0. The Morgan fingerprint density at radius 3 is 2.90 bits per heavy atom. The first kappa shape index (κ1) is 15.2. The molecule has 0 saturated carbocycles. The number of benzene rings is 1. The summed E-state index contributed by atoms with van der Waals surface area (Å²) in [5.74, 6) is -0.678. The molecule has 7 nitrogen and oxygen atoms in total. The summed E-state index contributed by atoms with van der Waals surface area (Å²) < 4.78 is 0. The number of nitro groups is 1. The molecule has 1 aromatic carbocycles. The smallest absolute Gasteiger partial charge is 0.293 e. The molecule has 0 aliphatic carbocycles. The third-order valence-corrected chi connectivity index (χ3v) is 3.84. The molecule has 0 aromatic heterocycles. The van der Waals surface area contributed by atoms with Gasteiger partial charge in [-0.25, -0.2) is 0 Å².